The molecule has 0 fully saturated rings. The van der Waals surface area contributed by atoms with E-state index in [1.54, 1.807) is 0 Å². The van der Waals surface area contributed by atoms with Gasteiger partial charge in [-0.3, -0.25) is 0 Å². The van der Waals surface area contributed by atoms with Crippen molar-refractivity contribution in [1.82, 2.24) is 0 Å². The van der Waals surface area contributed by atoms with Crippen LogP contribution in [0, 0.1) is 23.2 Å². The van der Waals surface area contributed by atoms with Crippen LogP contribution in [0.5, 0.6) is 0 Å². The second kappa shape index (κ2) is 3.56. The smallest absolute Gasteiger partial charge is 0.00931 e. The minimum atomic E-state index is 0.272. The van der Waals surface area contributed by atoms with Crippen molar-refractivity contribution in [3.63, 3.8) is 0 Å². The molecule has 79 valence electrons. The van der Waals surface area contributed by atoms with Crippen LogP contribution >= 0.6 is 0 Å². The number of allylic oxidation sites excluding steroid dienone is 4. The van der Waals surface area contributed by atoms with Crippen LogP contribution in [0.1, 0.15) is 41.5 Å². The largest absolute Gasteiger partial charge is 0.0799 e. The molecule has 0 nitrogen and oxygen atoms in total. The molecule has 1 aliphatic rings. The van der Waals surface area contributed by atoms with E-state index >= 15 is 0 Å². The van der Waals surface area contributed by atoms with Crippen LogP contribution in [0.3, 0.4) is 0 Å². The van der Waals surface area contributed by atoms with E-state index in [0.29, 0.717) is 11.3 Å². The first-order valence-corrected chi connectivity index (χ1v) is 5.45. The molecular weight excluding hydrogens is 168 g/mol. The molecule has 0 bridgehead atoms. The number of rotatable bonds is 0. The molecule has 1 atom stereocenters. The summed E-state index contributed by atoms with van der Waals surface area (Å²) < 4.78 is 0. The Hall–Kier alpha value is -0.520. The van der Waals surface area contributed by atoms with E-state index < -0.39 is 0 Å². The predicted octanol–water partition coefficient (Wildman–Crippen LogP) is 4.40. The molecule has 0 spiro atoms. The molecular formula is C14H23. The van der Waals surface area contributed by atoms with Gasteiger partial charge in [-0.15, -0.1) is 0 Å². The maximum atomic E-state index is 2.42. The van der Waals surface area contributed by atoms with Gasteiger partial charge >= 0.3 is 0 Å². The molecule has 0 N–H and O–H groups in total. The zero-order valence-corrected chi connectivity index (χ0v) is 10.4. The van der Waals surface area contributed by atoms with Crippen molar-refractivity contribution in [2.75, 3.05) is 0 Å². The molecule has 0 amide bonds. The van der Waals surface area contributed by atoms with Gasteiger partial charge in [-0.2, -0.15) is 0 Å². The van der Waals surface area contributed by atoms with Crippen LogP contribution in [0.15, 0.2) is 23.8 Å². The van der Waals surface area contributed by atoms with Gasteiger partial charge in [-0.1, -0.05) is 59.8 Å². The van der Waals surface area contributed by atoms with Crippen molar-refractivity contribution < 1.29 is 0 Å². The van der Waals surface area contributed by atoms with Crippen LogP contribution in [-0.4, -0.2) is 0 Å². The van der Waals surface area contributed by atoms with Gasteiger partial charge in [0.1, 0.15) is 0 Å². The summed E-state index contributed by atoms with van der Waals surface area (Å²) >= 11 is 0. The first-order valence-electron chi connectivity index (χ1n) is 5.45. The maximum Gasteiger partial charge on any atom is -0.00931 e. The van der Waals surface area contributed by atoms with E-state index in [2.05, 4.69) is 66.2 Å². The summed E-state index contributed by atoms with van der Waals surface area (Å²) in [6.07, 6.45) is 9.16. The molecule has 14 heavy (non-hydrogen) atoms. The Bertz CT molecular complexity index is 253. The minimum Gasteiger partial charge on any atom is -0.0799 e. The Labute approximate surface area is 89.1 Å². The molecule has 0 aliphatic heterocycles. The molecule has 1 rings (SSSR count). The normalized spacial score (nSPS) is 23.6. The Balaban J connectivity index is 2.90. The molecule has 0 heteroatoms. The van der Waals surface area contributed by atoms with Crippen molar-refractivity contribution in [3.8, 4) is 0 Å². The summed E-state index contributed by atoms with van der Waals surface area (Å²) in [4.78, 5) is 0. The SMILES string of the molecule is CC(C)(C)C1=CC(C(C)(C)C)[CH]C=C1. The Kier molecular flexibility index (Phi) is 2.94. The lowest BCUT2D eigenvalue weighted by Crippen LogP contribution is -2.22. The zero-order valence-electron chi connectivity index (χ0n) is 10.4. The summed E-state index contributed by atoms with van der Waals surface area (Å²) in [7, 11) is 0. The quantitative estimate of drug-likeness (QED) is 0.532. The van der Waals surface area contributed by atoms with E-state index in [0.717, 1.165) is 0 Å². The van der Waals surface area contributed by atoms with Gasteiger partial charge in [0, 0.05) is 0 Å². The Morgan fingerprint density at radius 2 is 1.57 bits per heavy atom. The molecule has 1 radical (unpaired) electrons. The molecule has 0 aromatic heterocycles. The number of hydrogen-bond acceptors (Lipinski definition) is 0. The summed E-state index contributed by atoms with van der Waals surface area (Å²) in [5.41, 5.74) is 2.06. The first-order chi connectivity index (χ1) is 6.21. The monoisotopic (exact) mass is 191 g/mol. The highest BCUT2D eigenvalue weighted by molar-refractivity contribution is 5.33. The lowest BCUT2D eigenvalue weighted by atomic mass is 9.72. The maximum absolute atomic E-state index is 2.42. The fourth-order valence-electron chi connectivity index (χ4n) is 1.62. The first kappa shape index (κ1) is 11.6. The minimum absolute atomic E-state index is 0.272. The number of hydrogen-bond donors (Lipinski definition) is 0. The molecule has 0 saturated carbocycles. The van der Waals surface area contributed by atoms with Gasteiger partial charge in [-0.25, -0.2) is 0 Å². The lowest BCUT2D eigenvalue weighted by Gasteiger charge is -2.32. The average molecular weight is 191 g/mol. The summed E-state index contributed by atoms with van der Waals surface area (Å²) in [5, 5.41) is 0. The fraction of sp³-hybridized carbons (Fsp3) is 0.643. The van der Waals surface area contributed by atoms with Crippen LogP contribution in [0.25, 0.3) is 0 Å². The third kappa shape index (κ3) is 2.73. The molecule has 0 aromatic rings. The van der Waals surface area contributed by atoms with Crippen LogP contribution in [0.2, 0.25) is 0 Å². The Morgan fingerprint density at radius 1 is 1.00 bits per heavy atom. The van der Waals surface area contributed by atoms with E-state index in [-0.39, 0.29) is 5.41 Å². The van der Waals surface area contributed by atoms with Gasteiger partial charge in [-0.05, 0) is 28.7 Å². The zero-order chi connectivity index (χ0) is 11.0. The van der Waals surface area contributed by atoms with Crippen molar-refractivity contribution in [1.29, 1.82) is 0 Å². The van der Waals surface area contributed by atoms with Gasteiger partial charge in [0.25, 0.3) is 0 Å². The molecule has 1 aliphatic carbocycles. The summed E-state index contributed by atoms with van der Waals surface area (Å²) in [6.45, 7) is 13.7. The van der Waals surface area contributed by atoms with E-state index in [1.807, 2.05) is 0 Å². The fourth-order valence-corrected chi connectivity index (χ4v) is 1.62. The summed E-state index contributed by atoms with van der Waals surface area (Å²) in [6, 6.07) is 0. The van der Waals surface area contributed by atoms with E-state index in [4.69, 9.17) is 0 Å². The van der Waals surface area contributed by atoms with Crippen molar-refractivity contribution in [2.45, 2.75) is 41.5 Å². The predicted molar refractivity (Wildman–Crippen MR) is 63.9 cm³/mol. The van der Waals surface area contributed by atoms with E-state index in [1.165, 1.54) is 5.57 Å². The second-order valence-electron chi connectivity index (χ2n) is 6.32. The standard InChI is InChI=1S/C14H23/c1-13(2,3)11-8-7-9-12(10-11)14(4,5)6/h7-11H,1-6H3. The van der Waals surface area contributed by atoms with Gasteiger partial charge in [0.15, 0.2) is 0 Å². The van der Waals surface area contributed by atoms with Crippen LogP contribution in [-0.2, 0) is 0 Å². The highest BCUT2D eigenvalue weighted by Gasteiger charge is 2.26. The molecule has 1 unspecified atom stereocenters. The Morgan fingerprint density at radius 3 is 2.00 bits per heavy atom. The second-order valence-corrected chi connectivity index (χ2v) is 6.32. The van der Waals surface area contributed by atoms with Crippen molar-refractivity contribution >= 4 is 0 Å². The molecule has 0 saturated heterocycles. The molecule has 0 aromatic carbocycles. The topological polar surface area (TPSA) is 0 Å². The summed E-state index contributed by atoms with van der Waals surface area (Å²) in [5.74, 6) is 0.571. The van der Waals surface area contributed by atoms with Gasteiger partial charge in [0.05, 0.1) is 0 Å². The lowest BCUT2D eigenvalue weighted by molar-refractivity contribution is 0.325. The van der Waals surface area contributed by atoms with E-state index in [9.17, 15) is 0 Å². The van der Waals surface area contributed by atoms with Crippen LogP contribution in [0.4, 0.5) is 0 Å². The third-order valence-electron chi connectivity index (χ3n) is 2.82. The van der Waals surface area contributed by atoms with Crippen LogP contribution < -0.4 is 0 Å². The highest BCUT2D eigenvalue weighted by atomic mass is 14.3. The average Bonchev–Trinajstić information content (AvgIpc) is 2.01. The van der Waals surface area contributed by atoms with Gasteiger partial charge < -0.3 is 0 Å². The van der Waals surface area contributed by atoms with Crippen molar-refractivity contribution in [2.24, 2.45) is 16.7 Å². The van der Waals surface area contributed by atoms with Crippen molar-refractivity contribution in [3.05, 3.63) is 30.2 Å². The van der Waals surface area contributed by atoms with Gasteiger partial charge in [0.2, 0.25) is 0 Å². The third-order valence-corrected chi connectivity index (χ3v) is 2.82. The highest BCUT2D eigenvalue weighted by Crippen LogP contribution is 2.37. The molecule has 0 heterocycles.